The van der Waals surface area contributed by atoms with Gasteiger partial charge in [-0.2, -0.15) is 0 Å². The molecule has 0 saturated carbocycles. The van der Waals surface area contributed by atoms with Crippen LogP contribution in [0.5, 0.6) is 5.75 Å². The lowest BCUT2D eigenvalue weighted by Crippen LogP contribution is -2.13. The van der Waals surface area contributed by atoms with Crippen molar-refractivity contribution in [3.63, 3.8) is 0 Å². The van der Waals surface area contributed by atoms with Crippen molar-refractivity contribution in [1.29, 1.82) is 0 Å². The SMILES string of the molecule is CC(SCCOc1ccccc1F)c1nc2scc(-c3ccco3)c2c(=O)[nH]1. The minimum absolute atomic E-state index is 0.0320. The van der Waals surface area contributed by atoms with E-state index in [1.165, 1.54) is 17.4 Å². The van der Waals surface area contributed by atoms with E-state index in [9.17, 15) is 9.18 Å². The Kier molecular flexibility index (Phi) is 5.50. The van der Waals surface area contributed by atoms with E-state index in [0.717, 1.165) is 5.56 Å². The zero-order valence-corrected chi connectivity index (χ0v) is 16.6. The molecule has 0 aliphatic carbocycles. The lowest BCUT2D eigenvalue weighted by atomic mass is 10.2. The second-order valence-electron chi connectivity index (χ2n) is 6.05. The molecule has 1 unspecified atom stereocenters. The summed E-state index contributed by atoms with van der Waals surface area (Å²) in [4.78, 5) is 20.8. The van der Waals surface area contributed by atoms with E-state index in [2.05, 4.69) is 9.97 Å². The van der Waals surface area contributed by atoms with Crippen molar-refractivity contribution < 1.29 is 13.5 Å². The molecule has 3 heterocycles. The van der Waals surface area contributed by atoms with E-state index in [0.29, 0.717) is 34.2 Å². The Balaban J connectivity index is 1.44. The Morgan fingerprint density at radius 3 is 2.96 bits per heavy atom. The van der Waals surface area contributed by atoms with Crippen molar-refractivity contribution in [2.75, 3.05) is 12.4 Å². The van der Waals surface area contributed by atoms with Crippen molar-refractivity contribution in [2.45, 2.75) is 12.2 Å². The zero-order chi connectivity index (χ0) is 19.5. The van der Waals surface area contributed by atoms with E-state index in [-0.39, 0.29) is 22.4 Å². The highest BCUT2D eigenvalue weighted by Gasteiger charge is 2.17. The summed E-state index contributed by atoms with van der Waals surface area (Å²) in [5.41, 5.74) is 0.576. The normalized spacial score (nSPS) is 12.4. The van der Waals surface area contributed by atoms with Crippen LogP contribution in [0.15, 0.2) is 57.3 Å². The first-order valence-corrected chi connectivity index (χ1v) is 10.6. The molecule has 0 fully saturated rings. The topological polar surface area (TPSA) is 68.1 Å². The third-order valence-corrected chi connectivity index (χ3v) is 6.18. The summed E-state index contributed by atoms with van der Waals surface area (Å²) in [6.45, 7) is 2.34. The van der Waals surface area contributed by atoms with E-state index >= 15 is 0 Å². The number of hydrogen-bond donors (Lipinski definition) is 1. The van der Waals surface area contributed by atoms with Crippen molar-refractivity contribution in [2.24, 2.45) is 0 Å². The summed E-state index contributed by atoms with van der Waals surface area (Å²) in [7, 11) is 0. The van der Waals surface area contributed by atoms with Crippen molar-refractivity contribution in [3.05, 3.63) is 70.0 Å². The Hall–Kier alpha value is -2.58. The maximum absolute atomic E-state index is 13.6. The van der Waals surface area contributed by atoms with Gasteiger partial charge in [0.15, 0.2) is 11.6 Å². The number of aromatic amines is 1. The minimum Gasteiger partial charge on any atom is -0.490 e. The molecule has 0 amide bonds. The lowest BCUT2D eigenvalue weighted by molar-refractivity contribution is 0.325. The van der Waals surface area contributed by atoms with Crippen molar-refractivity contribution in [1.82, 2.24) is 9.97 Å². The van der Waals surface area contributed by atoms with Gasteiger partial charge in [0, 0.05) is 16.7 Å². The van der Waals surface area contributed by atoms with Gasteiger partial charge < -0.3 is 14.1 Å². The highest BCUT2D eigenvalue weighted by molar-refractivity contribution is 7.99. The number of nitrogens with one attached hydrogen (secondary N) is 1. The van der Waals surface area contributed by atoms with Crippen LogP contribution < -0.4 is 10.3 Å². The van der Waals surface area contributed by atoms with Crippen LogP contribution in [0.1, 0.15) is 18.0 Å². The fourth-order valence-corrected chi connectivity index (χ4v) is 4.53. The summed E-state index contributed by atoms with van der Waals surface area (Å²) in [5, 5.41) is 2.40. The van der Waals surface area contributed by atoms with Crippen LogP contribution in [0, 0.1) is 5.82 Å². The monoisotopic (exact) mass is 416 g/mol. The predicted octanol–water partition coefficient (Wildman–Crippen LogP) is 5.26. The van der Waals surface area contributed by atoms with E-state index in [1.807, 2.05) is 18.4 Å². The molecule has 4 aromatic rings. The van der Waals surface area contributed by atoms with Gasteiger partial charge >= 0.3 is 0 Å². The van der Waals surface area contributed by atoms with Gasteiger partial charge in [0.1, 0.15) is 16.4 Å². The Morgan fingerprint density at radius 2 is 2.18 bits per heavy atom. The number of rotatable bonds is 7. The average Bonchev–Trinajstić information content (AvgIpc) is 3.35. The fraction of sp³-hybridized carbons (Fsp3) is 0.200. The number of hydrogen-bond acceptors (Lipinski definition) is 6. The number of para-hydroxylation sites is 1. The van der Waals surface area contributed by atoms with Crippen LogP contribution in [0.25, 0.3) is 21.5 Å². The van der Waals surface area contributed by atoms with Crippen molar-refractivity contribution >= 4 is 33.3 Å². The molecule has 0 spiro atoms. The number of thioether (sulfide) groups is 1. The molecule has 0 bridgehead atoms. The molecule has 144 valence electrons. The fourth-order valence-electron chi connectivity index (χ4n) is 2.79. The first-order chi connectivity index (χ1) is 13.6. The van der Waals surface area contributed by atoms with Crippen LogP contribution in [-0.2, 0) is 0 Å². The summed E-state index contributed by atoms with van der Waals surface area (Å²) < 4.78 is 24.4. The second-order valence-corrected chi connectivity index (χ2v) is 8.36. The maximum atomic E-state index is 13.6. The molecule has 0 saturated heterocycles. The molecular weight excluding hydrogens is 399 g/mol. The summed E-state index contributed by atoms with van der Waals surface area (Å²) in [5.74, 6) is 1.77. The number of aromatic nitrogens is 2. The van der Waals surface area contributed by atoms with Crippen LogP contribution in [0.2, 0.25) is 0 Å². The van der Waals surface area contributed by atoms with Gasteiger partial charge in [0.05, 0.1) is 23.5 Å². The number of thiophene rings is 1. The number of furan rings is 1. The van der Waals surface area contributed by atoms with Crippen molar-refractivity contribution in [3.8, 4) is 17.1 Å². The maximum Gasteiger partial charge on any atom is 0.260 e. The number of ether oxygens (including phenoxy) is 1. The summed E-state index contributed by atoms with van der Waals surface area (Å²) in [6, 6.07) is 9.94. The van der Waals surface area contributed by atoms with E-state index in [1.54, 1.807) is 42.3 Å². The smallest absolute Gasteiger partial charge is 0.260 e. The van der Waals surface area contributed by atoms with Gasteiger partial charge in [-0.1, -0.05) is 12.1 Å². The molecule has 0 radical (unpaired) electrons. The molecule has 0 aliphatic rings. The zero-order valence-electron chi connectivity index (χ0n) is 15.0. The van der Waals surface area contributed by atoms with Crippen LogP contribution in [0.4, 0.5) is 4.39 Å². The van der Waals surface area contributed by atoms with Crippen LogP contribution >= 0.6 is 23.1 Å². The summed E-state index contributed by atoms with van der Waals surface area (Å²) >= 11 is 3.00. The Bertz CT molecular complexity index is 1140. The molecule has 3 aromatic heterocycles. The molecule has 8 heteroatoms. The number of H-pyrrole nitrogens is 1. The molecule has 0 aliphatic heterocycles. The van der Waals surface area contributed by atoms with Crippen LogP contribution in [-0.4, -0.2) is 22.3 Å². The Morgan fingerprint density at radius 1 is 1.32 bits per heavy atom. The summed E-state index contributed by atoms with van der Waals surface area (Å²) in [6.07, 6.45) is 1.58. The quantitative estimate of drug-likeness (QED) is 0.416. The molecule has 5 nitrogen and oxygen atoms in total. The van der Waals surface area contributed by atoms with Gasteiger partial charge in [-0.3, -0.25) is 4.79 Å². The van der Waals surface area contributed by atoms with Gasteiger partial charge in [-0.05, 0) is 31.2 Å². The molecule has 28 heavy (non-hydrogen) atoms. The first kappa shape index (κ1) is 18.8. The highest BCUT2D eigenvalue weighted by Crippen LogP contribution is 2.32. The third-order valence-electron chi connectivity index (χ3n) is 4.18. The minimum atomic E-state index is -0.373. The average molecular weight is 416 g/mol. The standard InChI is InChI=1S/C20H17FN2O3S2/c1-12(27-10-9-26-16-6-3-2-5-14(16)21)18-22-19(24)17-13(11-28-20(17)23-18)15-7-4-8-25-15/h2-8,11-12H,9-10H2,1H3,(H,22,23,24). The molecule has 1 aromatic carbocycles. The third kappa shape index (κ3) is 3.83. The number of fused-ring (bicyclic) bond motifs is 1. The second kappa shape index (κ2) is 8.20. The molecule has 1 atom stereocenters. The van der Waals surface area contributed by atoms with Gasteiger partial charge in [-0.15, -0.1) is 23.1 Å². The highest BCUT2D eigenvalue weighted by atomic mass is 32.2. The lowest BCUT2D eigenvalue weighted by Gasteiger charge is -2.11. The van der Waals surface area contributed by atoms with E-state index in [4.69, 9.17) is 9.15 Å². The van der Waals surface area contributed by atoms with E-state index < -0.39 is 0 Å². The molecule has 4 rings (SSSR count). The molecule has 1 N–H and O–H groups in total. The molecular formula is C20H17FN2O3S2. The first-order valence-electron chi connectivity index (χ1n) is 8.67. The largest absolute Gasteiger partial charge is 0.490 e. The van der Waals surface area contributed by atoms with Crippen LogP contribution in [0.3, 0.4) is 0 Å². The Labute approximate surface area is 168 Å². The number of benzene rings is 1. The number of halogens is 1. The number of nitrogens with zero attached hydrogens (tertiary/aromatic N) is 1. The predicted molar refractivity (Wildman–Crippen MR) is 111 cm³/mol. The van der Waals surface area contributed by atoms with Gasteiger partial charge in [-0.25, -0.2) is 9.37 Å². The van der Waals surface area contributed by atoms with Gasteiger partial charge in [0.2, 0.25) is 0 Å². The van der Waals surface area contributed by atoms with Gasteiger partial charge in [0.25, 0.3) is 5.56 Å².